The number of fused-ring (bicyclic) bond motifs is 1. The molecule has 0 aliphatic carbocycles. The topological polar surface area (TPSA) is 19.4 Å². The van der Waals surface area contributed by atoms with Crippen molar-refractivity contribution < 1.29 is 8.78 Å². The third-order valence-electron chi connectivity index (χ3n) is 4.08. The molecule has 1 aliphatic heterocycles. The van der Waals surface area contributed by atoms with Crippen LogP contribution in [0.2, 0.25) is 0 Å². The van der Waals surface area contributed by atoms with Gasteiger partial charge in [-0.1, -0.05) is 24.3 Å². The van der Waals surface area contributed by atoms with Gasteiger partial charge in [-0.2, -0.15) is 0 Å². The second kappa shape index (κ2) is 5.60. The van der Waals surface area contributed by atoms with Crippen LogP contribution >= 0.6 is 0 Å². The lowest BCUT2D eigenvalue weighted by molar-refractivity contribution is 0.495. The molecule has 4 rings (SSSR count). The maximum atomic E-state index is 14.2. The Morgan fingerprint density at radius 1 is 1.00 bits per heavy atom. The Balaban J connectivity index is 1.93. The van der Waals surface area contributed by atoms with E-state index in [0.29, 0.717) is 17.9 Å². The molecule has 0 unspecified atom stereocenters. The van der Waals surface area contributed by atoms with Crippen LogP contribution in [0.15, 0.2) is 60.9 Å². The van der Waals surface area contributed by atoms with Crippen LogP contribution in [0.3, 0.4) is 0 Å². The molecule has 0 saturated carbocycles. The molecule has 24 heavy (non-hydrogen) atoms. The first-order valence-corrected chi connectivity index (χ1v) is 7.62. The third kappa shape index (κ3) is 2.48. The van der Waals surface area contributed by atoms with Gasteiger partial charge >= 0.3 is 0 Å². The van der Waals surface area contributed by atoms with E-state index in [0.717, 1.165) is 22.7 Å². The number of rotatable bonds is 2. The number of hydrogen-bond donors (Lipinski definition) is 0. The smallest absolute Gasteiger partial charge is 0.142 e. The number of nitrogens with zero attached hydrogens (tertiary/aromatic N) is 3. The van der Waals surface area contributed by atoms with Crippen LogP contribution in [0.25, 0.3) is 22.0 Å². The van der Waals surface area contributed by atoms with Gasteiger partial charge in [-0.25, -0.2) is 13.8 Å². The van der Waals surface area contributed by atoms with Gasteiger partial charge in [-0.3, -0.25) is 0 Å². The number of halogens is 2. The van der Waals surface area contributed by atoms with Crippen molar-refractivity contribution in [2.45, 2.75) is 0 Å². The van der Waals surface area contributed by atoms with Gasteiger partial charge < -0.3 is 9.80 Å². The maximum Gasteiger partial charge on any atom is 0.142 e. The van der Waals surface area contributed by atoms with Crippen LogP contribution in [0.1, 0.15) is 0 Å². The van der Waals surface area contributed by atoms with Gasteiger partial charge in [0.05, 0.1) is 12.4 Å². The molecule has 120 valence electrons. The van der Waals surface area contributed by atoms with Crippen LogP contribution in [0.5, 0.6) is 0 Å². The predicted octanol–water partition coefficient (Wildman–Crippen LogP) is 4.36. The van der Waals surface area contributed by atoms with E-state index < -0.39 is 11.6 Å². The van der Waals surface area contributed by atoms with Crippen molar-refractivity contribution >= 4 is 16.6 Å². The zero-order valence-electron chi connectivity index (χ0n) is 13.1. The Labute approximate surface area is 138 Å². The minimum absolute atomic E-state index is 0.292. The Morgan fingerprint density at radius 3 is 2.58 bits per heavy atom. The van der Waals surface area contributed by atoms with E-state index in [2.05, 4.69) is 4.98 Å². The van der Waals surface area contributed by atoms with Gasteiger partial charge in [0.1, 0.15) is 17.5 Å². The third-order valence-corrected chi connectivity index (χ3v) is 4.08. The van der Waals surface area contributed by atoms with Crippen molar-refractivity contribution in [3.05, 3.63) is 72.6 Å². The summed E-state index contributed by atoms with van der Waals surface area (Å²) in [6.45, 7) is 0.673. The molecule has 0 bridgehead atoms. The van der Waals surface area contributed by atoms with Gasteiger partial charge in [0, 0.05) is 36.5 Å². The molecule has 3 nitrogen and oxygen atoms in total. The maximum absolute atomic E-state index is 14.2. The SMILES string of the molecule is CN1C=CN(c2nc(-c3ccc(F)cc3F)cc3ccccc23)C1. The quantitative estimate of drug-likeness (QED) is 0.698. The molecule has 2 heterocycles. The molecule has 5 heteroatoms. The van der Waals surface area contributed by atoms with Crippen LogP contribution in [-0.2, 0) is 0 Å². The summed E-state index contributed by atoms with van der Waals surface area (Å²) in [6.07, 6.45) is 3.90. The van der Waals surface area contributed by atoms with Crippen molar-refractivity contribution in [2.75, 3.05) is 18.6 Å². The van der Waals surface area contributed by atoms with E-state index in [4.69, 9.17) is 0 Å². The summed E-state index contributed by atoms with van der Waals surface area (Å²) in [5.41, 5.74) is 0.782. The first-order valence-electron chi connectivity index (χ1n) is 7.62. The van der Waals surface area contributed by atoms with Crippen molar-refractivity contribution in [1.82, 2.24) is 9.88 Å². The summed E-state index contributed by atoms with van der Waals surface area (Å²) in [4.78, 5) is 8.70. The van der Waals surface area contributed by atoms with Crippen molar-refractivity contribution in [3.8, 4) is 11.3 Å². The lowest BCUT2D eigenvalue weighted by Gasteiger charge is -2.20. The average molecular weight is 323 g/mol. The zero-order valence-corrected chi connectivity index (χ0v) is 13.1. The Hall–Kier alpha value is -2.95. The van der Waals surface area contributed by atoms with Gasteiger partial charge in [-0.15, -0.1) is 0 Å². The van der Waals surface area contributed by atoms with Gasteiger partial charge in [0.25, 0.3) is 0 Å². The van der Waals surface area contributed by atoms with Crippen molar-refractivity contribution in [1.29, 1.82) is 0 Å². The molecule has 0 atom stereocenters. The monoisotopic (exact) mass is 323 g/mol. The normalized spacial score (nSPS) is 14.0. The average Bonchev–Trinajstić information content (AvgIpc) is 3.00. The Morgan fingerprint density at radius 2 is 1.83 bits per heavy atom. The molecule has 0 radical (unpaired) electrons. The number of aromatic nitrogens is 1. The fourth-order valence-electron chi connectivity index (χ4n) is 2.90. The van der Waals surface area contributed by atoms with E-state index in [1.165, 1.54) is 12.1 Å². The molecule has 0 N–H and O–H groups in total. The van der Waals surface area contributed by atoms with E-state index >= 15 is 0 Å². The number of anilines is 1. The highest BCUT2D eigenvalue weighted by Gasteiger charge is 2.18. The Kier molecular flexibility index (Phi) is 3.41. The van der Waals surface area contributed by atoms with Gasteiger partial charge in [0.15, 0.2) is 0 Å². The molecule has 1 aliphatic rings. The first kappa shape index (κ1) is 14.6. The van der Waals surface area contributed by atoms with Crippen molar-refractivity contribution in [2.24, 2.45) is 0 Å². The highest BCUT2D eigenvalue weighted by molar-refractivity contribution is 5.95. The second-order valence-corrected chi connectivity index (χ2v) is 5.84. The molecular formula is C19H15F2N3. The van der Waals surface area contributed by atoms with Crippen LogP contribution in [0, 0.1) is 11.6 Å². The fraction of sp³-hybridized carbons (Fsp3) is 0.105. The summed E-state index contributed by atoms with van der Waals surface area (Å²) in [7, 11) is 1.97. The predicted molar refractivity (Wildman–Crippen MR) is 91.3 cm³/mol. The highest BCUT2D eigenvalue weighted by atomic mass is 19.1. The fourth-order valence-corrected chi connectivity index (χ4v) is 2.90. The molecule has 2 aromatic carbocycles. The molecule has 0 spiro atoms. The number of benzene rings is 2. The molecule has 0 saturated heterocycles. The summed E-state index contributed by atoms with van der Waals surface area (Å²) in [5, 5.41) is 1.95. The van der Waals surface area contributed by atoms with Crippen molar-refractivity contribution in [3.63, 3.8) is 0 Å². The van der Waals surface area contributed by atoms with E-state index in [-0.39, 0.29) is 0 Å². The standard InChI is InChI=1S/C19H15F2N3/c1-23-8-9-24(12-23)19-15-5-3-2-4-13(15)10-18(22-19)16-7-6-14(20)11-17(16)21/h2-11H,12H2,1H3. The lowest BCUT2D eigenvalue weighted by atomic mass is 10.1. The first-order chi connectivity index (χ1) is 11.6. The summed E-state index contributed by atoms with van der Waals surface area (Å²) in [6, 6.07) is 13.2. The summed E-state index contributed by atoms with van der Waals surface area (Å²) in [5.74, 6) is -0.452. The molecule has 3 aromatic rings. The van der Waals surface area contributed by atoms with E-state index in [1.807, 2.05) is 59.6 Å². The Bertz CT molecular complexity index is 952. The molecule has 0 fully saturated rings. The number of pyridine rings is 1. The lowest BCUT2D eigenvalue weighted by Crippen LogP contribution is -2.22. The second-order valence-electron chi connectivity index (χ2n) is 5.84. The number of hydrogen-bond acceptors (Lipinski definition) is 3. The zero-order chi connectivity index (χ0) is 16.7. The van der Waals surface area contributed by atoms with Crippen LogP contribution in [-0.4, -0.2) is 23.6 Å². The molecular weight excluding hydrogens is 308 g/mol. The largest absolute Gasteiger partial charge is 0.361 e. The van der Waals surface area contributed by atoms with E-state index in [1.54, 1.807) is 0 Å². The van der Waals surface area contributed by atoms with Crippen LogP contribution < -0.4 is 4.90 Å². The minimum atomic E-state index is -0.613. The van der Waals surface area contributed by atoms with Gasteiger partial charge in [-0.05, 0) is 23.6 Å². The summed E-state index contributed by atoms with van der Waals surface area (Å²) < 4.78 is 27.4. The van der Waals surface area contributed by atoms with Crippen LogP contribution in [0.4, 0.5) is 14.6 Å². The molecule has 0 amide bonds. The van der Waals surface area contributed by atoms with Gasteiger partial charge in [0.2, 0.25) is 0 Å². The highest BCUT2D eigenvalue weighted by Crippen LogP contribution is 2.32. The van der Waals surface area contributed by atoms with E-state index in [9.17, 15) is 8.78 Å². The summed E-state index contributed by atoms with van der Waals surface area (Å²) >= 11 is 0. The minimum Gasteiger partial charge on any atom is -0.361 e. The molecule has 1 aromatic heterocycles.